The smallest absolute Gasteiger partial charge is 0.248 e. The van der Waals surface area contributed by atoms with Gasteiger partial charge in [-0.2, -0.15) is 0 Å². The Hall–Kier alpha value is -3.41. The van der Waals surface area contributed by atoms with Crippen LogP contribution in [0, 0.1) is 6.92 Å². The quantitative estimate of drug-likeness (QED) is 0.701. The number of carbonyl (C=O) groups is 3. The SMILES string of the molecule is Cc1cc(NC(=O)CNC(=O)/C=C/c2ccccc2)ccc1C(N)=O. The molecule has 0 heterocycles. The van der Waals surface area contributed by atoms with E-state index in [1.54, 1.807) is 31.2 Å². The van der Waals surface area contributed by atoms with Crippen LogP contribution in [-0.4, -0.2) is 24.3 Å². The third-order valence-electron chi connectivity index (χ3n) is 3.43. The maximum atomic E-state index is 11.9. The first kappa shape index (κ1) is 17.9. The fraction of sp³-hybridized carbons (Fsp3) is 0.105. The van der Waals surface area contributed by atoms with Crippen molar-refractivity contribution in [1.82, 2.24) is 5.32 Å². The van der Waals surface area contributed by atoms with E-state index in [0.717, 1.165) is 5.56 Å². The van der Waals surface area contributed by atoms with E-state index in [0.29, 0.717) is 16.8 Å². The maximum absolute atomic E-state index is 11.9. The van der Waals surface area contributed by atoms with Gasteiger partial charge >= 0.3 is 0 Å². The monoisotopic (exact) mass is 337 g/mol. The van der Waals surface area contributed by atoms with Crippen LogP contribution in [0.1, 0.15) is 21.5 Å². The van der Waals surface area contributed by atoms with E-state index in [1.807, 2.05) is 30.3 Å². The Balaban J connectivity index is 1.84. The Morgan fingerprint density at radius 2 is 1.80 bits per heavy atom. The Morgan fingerprint density at radius 1 is 1.08 bits per heavy atom. The standard InChI is InChI=1S/C19H19N3O3/c1-13-11-15(8-9-16(13)19(20)25)22-18(24)12-21-17(23)10-7-14-5-3-2-4-6-14/h2-11H,12H2,1H3,(H2,20,25)(H,21,23)(H,22,24)/b10-7+. The third-order valence-corrected chi connectivity index (χ3v) is 3.43. The summed E-state index contributed by atoms with van der Waals surface area (Å²) in [5, 5.41) is 5.15. The van der Waals surface area contributed by atoms with E-state index >= 15 is 0 Å². The second-order valence-corrected chi connectivity index (χ2v) is 5.40. The van der Waals surface area contributed by atoms with Crippen LogP contribution in [0.2, 0.25) is 0 Å². The zero-order chi connectivity index (χ0) is 18.2. The van der Waals surface area contributed by atoms with Crippen molar-refractivity contribution in [3.8, 4) is 0 Å². The zero-order valence-corrected chi connectivity index (χ0v) is 13.8. The minimum absolute atomic E-state index is 0.158. The number of hydrogen-bond donors (Lipinski definition) is 3. The van der Waals surface area contributed by atoms with Crippen molar-refractivity contribution in [2.24, 2.45) is 5.73 Å². The molecule has 2 aromatic carbocycles. The molecule has 2 aromatic rings. The second kappa shape index (κ2) is 8.44. The van der Waals surface area contributed by atoms with Crippen LogP contribution in [0.5, 0.6) is 0 Å². The molecule has 6 nitrogen and oxygen atoms in total. The number of rotatable bonds is 6. The van der Waals surface area contributed by atoms with Gasteiger partial charge in [0.2, 0.25) is 17.7 Å². The van der Waals surface area contributed by atoms with Gasteiger partial charge in [-0.15, -0.1) is 0 Å². The molecule has 0 fully saturated rings. The first-order valence-corrected chi connectivity index (χ1v) is 7.67. The fourth-order valence-corrected chi connectivity index (χ4v) is 2.19. The second-order valence-electron chi connectivity index (χ2n) is 5.40. The number of anilines is 1. The fourth-order valence-electron chi connectivity index (χ4n) is 2.19. The van der Waals surface area contributed by atoms with Crippen LogP contribution >= 0.6 is 0 Å². The van der Waals surface area contributed by atoms with Crippen molar-refractivity contribution in [1.29, 1.82) is 0 Å². The lowest BCUT2D eigenvalue weighted by atomic mass is 10.1. The van der Waals surface area contributed by atoms with Crippen molar-refractivity contribution in [2.75, 3.05) is 11.9 Å². The van der Waals surface area contributed by atoms with Crippen molar-refractivity contribution < 1.29 is 14.4 Å². The lowest BCUT2D eigenvalue weighted by Gasteiger charge is -2.08. The van der Waals surface area contributed by atoms with Gasteiger partial charge in [-0.3, -0.25) is 14.4 Å². The number of hydrogen-bond acceptors (Lipinski definition) is 3. The van der Waals surface area contributed by atoms with Crippen molar-refractivity contribution >= 4 is 29.5 Å². The molecule has 25 heavy (non-hydrogen) atoms. The summed E-state index contributed by atoms with van der Waals surface area (Å²) in [4.78, 5) is 34.8. The van der Waals surface area contributed by atoms with Gasteiger partial charge < -0.3 is 16.4 Å². The van der Waals surface area contributed by atoms with E-state index in [2.05, 4.69) is 10.6 Å². The average Bonchev–Trinajstić information content (AvgIpc) is 2.59. The van der Waals surface area contributed by atoms with E-state index < -0.39 is 5.91 Å². The summed E-state index contributed by atoms with van der Waals surface area (Å²) < 4.78 is 0. The molecule has 0 bridgehead atoms. The van der Waals surface area contributed by atoms with Gasteiger partial charge in [0.25, 0.3) is 0 Å². The largest absolute Gasteiger partial charge is 0.366 e. The normalized spacial score (nSPS) is 10.4. The molecule has 0 spiro atoms. The predicted molar refractivity (Wildman–Crippen MR) is 96.8 cm³/mol. The summed E-state index contributed by atoms with van der Waals surface area (Å²) in [5.74, 6) is -1.25. The van der Waals surface area contributed by atoms with Crippen molar-refractivity contribution in [2.45, 2.75) is 6.92 Å². The molecule has 0 aliphatic rings. The zero-order valence-electron chi connectivity index (χ0n) is 13.8. The topological polar surface area (TPSA) is 101 Å². The number of benzene rings is 2. The molecule has 0 aliphatic carbocycles. The van der Waals surface area contributed by atoms with Crippen LogP contribution in [0.3, 0.4) is 0 Å². The van der Waals surface area contributed by atoms with Gasteiger partial charge in [-0.25, -0.2) is 0 Å². The Labute approximate surface area is 145 Å². The van der Waals surface area contributed by atoms with E-state index in [1.165, 1.54) is 6.08 Å². The summed E-state index contributed by atoms with van der Waals surface area (Å²) in [6, 6.07) is 14.2. The summed E-state index contributed by atoms with van der Waals surface area (Å²) in [7, 11) is 0. The molecule has 4 N–H and O–H groups in total. The highest BCUT2D eigenvalue weighted by molar-refractivity contribution is 5.99. The third kappa shape index (κ3) is 5.62. The minimum atomic E-state index is -0.521. The van der Waals surface area contributed by atoms with Crippen LogP contribution in [-0.2, 0) is 9.59 Å². The number of amides is 3. The molecule has 0 atom stereocenters. The first-order valence-electron chi connectivity index (χ1n) is 7.67. The van der Waals surface area contributed by atoms with Crippen LogP contribution < -0.4 is 16.4 Å². The Bertz CT molecular complexity index is 814. The number of nitrogens with two attached hydrogens (primary N) is 1. The first-order chi connectivity index (χ1) is 12.0. The van der Waals surface area contributed by atoms with Crippen LogP contribution in [0.15, 0.2) is 54.6 Å². The molecular weight excluding hydrogens is 318 g/mol. The molecule has 0 radical (unpaired) electrons. The van der Waals surface area contributed by atoms with Crippen LogP contribution in [0.25, 0.3) is 6.08 Å². The highest BCUT2D eigenvalue weighted by Gasteiger charge is 2.08. The van der Waals surface area contributed by atoms with Gasteiger partial charge in [0.05, 0.1) is 6.54 Å². The highest BCUT2D eigenvalue weighted by atomic mass is 16.2. The van der Waals surface area contributed by atoms with E-state index in [-0.39, 0.29) is 18.4 Å². The molecule has 128 valence electrons. The van der Waals surface area contributed by atoms with Gasteiger partial charge in [0, 0.05) is 17.3 Å². The highest BCUT2D eigenvalue weighted by Crippen LogP contribution is 2.14. The summed E-state index contributed by atoms with van der Waals surface area (Å²) in [5.41, 5.74) is 7.73. The molecule has 0 saturated carbocycles. The molecule has 0 saturated heterocycles. The number of nitrogens with one attached hydrogen (secondary N) is 2. The van der Waals surface area contributed by atoms with Gasteiger partial charge in [-0.05, 0) is 42.3 Å². The van der Waals surface area contributed by atoms with E-state index in [4.69, 9.17) is 5.73 Å². The van der Waals surface area contributed by atoms with E-state index in [9.17, 15) is 14.4 Å². The van der Waals surface area contributed by atoms with Gasteiger partial charge in [0.1, 0.15) is 0 Å². The molecule has 6 heteroatoms. The molecule has 0 aliphatic heterocycles. The number of carbonyl (C=O) groups excluding carboxylic acids is 3. The average molecular weight is 337 g/mol. The van der Waals surface area contributed by atoms with Gasteiger partial charge in [0.15, 0.2) is 0 Å². The molecule has 2 rings (SSSR count). The van der Waals surface area contributed by atoms with Crippen molar-refractivity contribution in [3.63, 3.8) is 0 Å². The predicted octanol–water partition coefficient (Wildman–Crippen LogP) is 1.86. The van der Waals surface area contributed by atoms with Crippen molar-refractivity contribution in [3.05, 3.63) is 71.3 Å². The van der Waals surface area contributed by atoms with Gasteiger partial charge in [-0.1, -0.05) is 30.3 Å². The number of primary amides is 1. The lowest BCUT2D eigenvalue weighted by Crippen LogP contribution is -2.31. The summed E-state index contributed by atoms with van der Waals surface area (Å²) in [6.07, 6.45) is 3.04. The molecule has 0 unspecified atom stereocenters. The minimum Gasteiger partial charge on any atom is -0.366 e. The molecule has 3 amide bonds. The molecule has 0 aromatic heterocycles. The Morgan fingerprint density at radius 3 is 2.44 bits per heavy atom. The molecular formula is C19H19N3O3. The summed E-state index contributed by atoms with van der Waals surface area (Å²) in [6.45, 7) is 1.57. The summed E-state index contributed by atoms with van der Waals surface area (Å²) >= 11 is 0. The Kier molecular flexibility index (Phi) is 6.06. The number of aryl methyl sites for hydroxylation is 1. The lowest BCUT2D eigenvalue weighted by molar-refractivity contribution is -0.121. The van der Waals surface area contributed by atoms with Crippen LogP contribution in [0.4, 0.5) is 5.69 Å². The maximum Gasteiger partial charge on any atom is 0.248 e.